The Morgan fingerprint density at radius 3 is 2.72 bits per heavy atom. The number of aryl methyl sites for hydroxylation is 1. The summed E-state index contributed by atoms with van der Waals surface area (Å²) in [6, 6.07) is 5.57. The van der Waals surface area contributed by atoms with E-state index in [1.807, 2.05) is 26.0 Å². The van der Waals surface area contributed by atoms with Crippen LogP contribution in [0.5, 0.6) is 0 Å². The minimum Gasteiger partial charge on any atom is -0.292 e. The Kier molecular flexibility index (Phi) is 3.69. The number of pyridine rings is 3. The molecule has 0 amide bonds. The standard InChI is InChI=1S/C18H14ClN5O/c1-3-16(25)14-4-10(2)13(8-20-14)12-5-11-7-21-17(19)6-15(11)24-18(12)22-9-23-24/h4-9H,3H2,1-2H3. The minimum atomic E-state index is 0.0274. The van der Waals surface area contributed by atoms with Crippen molar-refractivity contribution in [2.75, 3.05) is 0 Å². The third kappa shape index (κ3) is 2.55. The maximum absolute atomic E-state index is 11.9. The van der Waals surface area contributed by atoms with Gasteiger partial charge in [0.15, 0.2) is 11.4 Å². The van der Waals surface area contributed by atoms with Gasteiger partial charge in [-0.2, -0.15) is 5.10 Å². The second kappa shape index (κ2) is 5.89. The quantitative estimate of drug-likeness (QED) is 0.413. The van der Waals surface area contributed by atoms with E-state index in [0.29, 0.717) is 22.9 Å². The highest BCUT2D eigenvalue weighted by Crippen LogP contribution is 2.30. The van der Waals surface area contributed by atoms with Crippen LogP contribution in [0.3, 0.4) is 0 Å². The molecule has 0 aliphatic rings. The smallest absolute Gasteiger partial charge is 0.180 e. The number of halogens is 1. The summed E-state index contributed by atoms with van der Waals surface area (Å²) >= 11 is 6.01. The lowest BCUT2D eigenvalue weighted by molar-refractivity contribution is 0.0983. The van der Waals surface area contributed by atoms with Crippen LogP contribution >= 0.6 is 11.6 Å². The fourth-order valence-corrected chi connectivity index (χ4v) is 3.07. The highest BCUT2D eigenvalue weighted by Gasteiger charge is 2.15. The monoisotopic (exact) mass is 351 g/mol. The summed E-state index contributed by atoms with van der Waals surface area (Å²) in [4.78, 5) is 24.7. The van der Waals surface area contributed by atoms with Gasteiger partial charge in [-0.15, -0.1) is 0 Å². The molecule has 4 heterocycles. The van der Waals surface area contributed by atoms with Gasteiger partial charge in [0.2, 0.25) is 0 Å². The molecule has 0 saturated heterocycles. The van der Waals surface area contributed by atoms with Crippen molar-refractivity contribution < 1.29 is 4.79 Å². The zero-order chi connectivity index (χ0) is 17.6. The van der Waals surface area contributed by atoms with Gasteiger partial charge in [0.05, 0.1) is 5.52 Å². The van der Waals surface area contributed by atoms with Crippen LogP contribution in [0.1, 0.15) is 29.4 Å². The number of hydrogen-bond donors (Lipinski definition) is 0. The van der Waals surface area contributed by atoms with Gasteiger partial charge in [-0.1, -0.05) is 18.5 Å². The Balaban J connectivity index is 1.99. The number of hydrogen-bond acceptors (Lipinski definition) is 5. The first-order chi connectivity index (χ1) is 12.1. The van der Waals surface area contributed by atoms with Crippen molar-refractivity contribution in [1.82, 2.24) is 24.6 Å². The molecule has 4 aromatic rings. The minimum absolute atomic E-state index is 0.0274. The number of fused-ring (bicyclic) bond motifs is 3. The van der Waals surface area contributed by atoms with Crippen molar-refractivity contribution in [2.24, 2.45) is 0 Å². The number of rotatable bonds is 3. The van der Waals surface area contributed by atoms with Crippen LogP contribution in [0, 0.1) is 6.92 Å². The molecular formula is C18H14ClN5O. The second-order valence-corrected chi connectivity index (χ2v) is 6.17. The molecule has 0 aromatic carbocycles. The Labute approximate surface area is 148 Å². The van der Waals surface area contributed by atoms with E-state index in [2.05, 4.69) is 20.1 Å². The average molecular weight is 352 g/mol. The molecule has 0 aliphatic heterocycles. The molecule has 4 aromatic heterocycles. The molecule has 0 aliphatic carbocycles. The second-order valence-electron chi connectivity index (χ2n) is 5.78. The largest absolute Gasteiger partial charge is 0.292 e. The third-order valence-corrected chi connectivity index (χ3v) is 4.41. The Morgan fingerprint density at radius 1 is 1.12 bits per heavy atom. The van der Waals surface area contributed by atoms with Crippen LogP contribution in [-0.2, 0) is 0 Å². The van der Waals surface area contributed by atoms with E-state index in [0.717, 1.165) is 27.6 Å². The van der Waals surface area contributed by atoms with Gasteiger partial charge >= 0.3 is 0 Å². The van der Waals surface area contributed by atoms with Crippen molar-refractivity contribution in [3.8, 4) is 11.1 Å². The molecule has 0 spiro atoms. The third-order valence-electron chi connectivity index (χ3n) is 4.20. The van der Waals surface area contributed by atoms with Gasteiger partial charge in [-0.05, 0) is 24.6 Å². The van der Waals surface area contributed by atoms with Crippen molar-refractivity contribution >= 4 is 33.9 Å². The van der Waals surface area contributed by atoms with Crippen LogP contribution in [0.25, 0.3) is 27.7 Å². The Morgan fingerprint density at radius 2 is 1.96 bits per heavy atom. The number of aromatic nitrogens is 5. The number of ketones is 1. The lowest BCUT2D eigenvalue weighted by Crippen LogP contribution is -2.02. The predicted molar refractivity (Wildman–Crippen MR) is 95.9 cm³/mol. The zero-order valence-corrected chi connectivity index (χ0v) is 14.4. The first kappa shape index (κ1) is 15.7. The molecule has 124 valence electrons. The number of nitrogens with zero attached hydrogens (tertiary/aromatic N) is 5. The molecule has 4 rings (SSSR count). The lowest BCUT2D eigenvalue weighted by Gasteiger charge is -2.10. The number of Topliss-reactive ketones (excluding diaryl/α,β-unsaturated/α-hetero) is 1. The van der Waals surface area contributed by atoms with E-state index in [1.165, 1.54) is 6.33 Å². The van der Waals surface area contributed by atoms with Crippen LogP contribution in [-0.4, -0.2) is 30.3 Å². The Bertz CT molecular complexity index is 1140. The van der Waals surface area contributed by atoms with Crippen LogP contribution in [0.15, 0.2) is 36.9 Å². The van der Waals surface area contributed by atoms with E-state index in [-0.39, 0.29) is 5.78 Å². The SMILES string of the molecule is CCC(=O)c1cc(C)c(-c2cc3cnc(Cl)cc3n3ncnc23)cn1. The number of carbonyl (C=O) groups excluding carboxylic acids is 1. The van der Waals surface area contributed by atoms with Gasteiger partial charge in [-0.3, -0.25) is 9.78 Å². The summed E-state index contributed by atoms with van der Waals surface area (Å²) in [6.07, 6.45) is 5.37. The summed E-state index contributed by atoms with van der Waals surface area (Å²) in [7, 11) is 0. The summed E-state index contributed by atoms with van der Waals surface area (Å²) in [6.45, 7) is 3.79. The first-order valence-electron chi connectivity index (χ1n) is 7.86. The van der Waals surface area contributed by atoms with E-state index < -0.39 is 0 Å². The fourth-order valence-electron chi connectivity index (χ4n) is 2.92. The highest BCUT2D eigenvalue weighted by molar-refractivity contribution is 6.30. The summed E-state index contributed by atoms with van der Waals surface area (Å²) in [5.74, 6) is 0.0274. The Hall–Kier alpha value is -2.86. The van der Waals surface area contributed by atoms with Gasteiger partial charge < -0.3 is 0 Å². The molecule has 0 atom stereocenters. The molecule has 0 unspecified atom stereocenters. The summed E-state index contributed by atoms with van der Waals surface area (Å²) in [5.41, 5.74) is 4.76. The van der Waals surface area contributed by atoms with Crippen molar-refractivity contribution in [1.29, 1.82) is 0 Å². The summed E-state index contributed by atoms with van der Waals surface area (Å²) in [5, 5.41) is 5.60. The topological polar surface area (TPSA) is 73.0 Å². The molecule has 25 heavy (non-hydrogen) atoms. The normalized spacial score (nSPS) is 11.3. The molecule has 0 radical (unpaired) electrons. The molecule has 6 nitrogen and oxygen atoms in total. The van der Waals surface area contributed by atoms with Gasteiger partial charge in [0, 0.05) is 41.4 Å². The van der Waals surface area contributed by atoms with Crippen LogP contribution in [0.2, 0.25) is 5.15 Å². The van der Waals surface area contributed by atoms with Gasteiger partial charge in [0.25, 0.3) is 0 Å². The maximum atomic E-state index is 11.9. The fraction of sp³-hybridized carbons (Fsp3) is 0.167. The first-order valence-corrected chi connectivity index (χ1v) is 8.24. The predicted octanol–water partition coefficient (Wildman–Crippen LogP) is 3.89. The molecule has 0 saturated carbocycles. The molecule has 0 fully saturated rings. The maximum Gasteiger partial charge on any atom is 0.180 e. The highest BCUT2D eigenvalue weighted by atomic mass is 35.5. The summed E-state index contributed by atoms with van der Waals surface area (Å²) < 4.78 is 1.74. The van der Waals surface area contributed by atoms with Gasteiger partial charge in [0.1, 0.15) is 17.2 Å². The molecule has 0 bridgehead atoms. The molecular weight excluding hydrogens is 338 g/mol. The van der Waals surface area contributed by atoms with E-state index in [1.54, 1.807) is 23.0 Å². The number of carbonyl (C=O) groups is 1. The molecule has 0 N–H and O–H groups in total. The molecule has 7 heteroatoms. The van der Waals surface area contributed by atoms with Crippen LogP contribution < -0.4 is 0 Å². The van der Waals surface area contributed by atoms with E-state index in [4.69, 9.17) is 11.6 Å². The van der Waals surface area contributed by atoms with E-state index >= 15 is 0 Å². The zero-order valence-electron chi connectivity index (χ0n) is 13.7. The van der Waals surface area contributed by atoms with Crippen molar-refractivity contribution in [3.05, 3.63) is 53.3 Å². The van der Waals surface area contributed by atoms with Crippen LogP contribution in [0.4, 0.5) is 0 Å². The van der Waals surface area contributed by atoms with E-state index in [9.17, 15) is 4.79 Å². The average Bonchev–Trinajstić information content (AvgIpc) is 3.11. The van der Waals surface area contributed by atoms with Crippen molar-refractivity contribution in [2.45, 2.75) is 20.3 Å². The van der Waals surface area contributed by atoms with Crippen molar-refractivity contribution in [3.63, 3.8) is 0 Å². The van der Waals surface area contributed by atoms with Gasteiger partial charge in [-0.25, -0.2) is 14.5 Å². The lowest BCUT2D eigenvalue weighted by atomic mass is 10.0.